The summed E-state index contributed by atoms with van der Waals surface area (Å²) in [5.74, 6) is 0.579. The van der Waals surface area contributed by atoms with Gasteiger partial charge in [0.15, 0.2) is 5.69 Å². The number of alkyl halides is 3. The molecule has 2 bridgehead atoms. The Morgan fingerprint density at radius 3 is 2.48 bits per heavy atom. The first kappa shape index (κ1) is 17.8. The van der Waals surface area contributed by atoms with Gasteiger partial charge in [-0.25, -0.2) is 0 Å². The third-order valence-electron chi connectivity index (χ3n) is 5.07. The third kappa shape index (κ3) is 3.92. The molecule has 27 heavy (non-hydrogen) atoms. The second kappa shape index (κ2) is 6.88. The zero-order valence-electron chi connectivity index (χ0n) is 14.3. The maximum Gasteiger partial charge on any atom is 0.436 e. The summed E-state index contributed by atoms with van der Waals surface area (Å²) >= 11 is 0. The number of nitrogens with zero attached hydrogens (tertiary/aromatic N) is 2. The number of halogens is 3. The number of nitrogens with one attached hydrogen (secondary N) is 1. The van der Waals surface area contributed by atoms with Crippen molar-refractivity contribution in [1.29, 1.82) is 0 Å². The number of amides is 1. The van der Waals surface area contributed by atoms with Crippen LogP contribution in [0.4, 0.5) is 13.2 Å². The fraction of sp³-hybridized carbons (Fsp3) is 0.444. The summed E-state index contributed by atoms with van der Waals surface area (Å²) in [6.45, 7) is 3.07. The largest absolute Gasteiger partial charge is 0.436 e. The average Bonchev–Trinajstić information content (AvgIpc) is 3.12. The molecule has 0 radical (unpaired) electrons. The molecule has 0 saturated carbocycles. The minimum absolute atomic E-state index is 0.157. The molecule has 3 aliphatic rings. The second-order valence-corrected chi connectivity index (χ2v) is 6.84. The summed E-state index contributed by atoms with van der Waals surface area (Å²) in [6, 6.07) is 6.24. The van der Waals surface area contributed by atoms with Crippen molar-refractivity contribution < 1.29 is 27.1 Å². The first-order valence-electron chi connectivity index (χ1n) is 8.72. The molecule has 6 nitrogen and oxygen atoms in total. The van der Waals surface area contributed by atoms with Crippen LogP contribution in [0.15, 0.2) is 34.9 Å². The standard InChI is InChI=1S/C18H18F3N3O3/c19-18(20,21)15-10-26-17(23-15)27-13-3-1-12(2-4-13)16(25)22-14-9-24-7-5-11(14)6-8-24/h1-4,10-11,14H,5-9H2,(H,22,25). The van der Waals surface area contributed by atoms with E-state index in [1.807, 2.05) is 0 Å². The molecule has 1 amide bonds. The number of piperidine rings is 3. The van der Waals surface area contributed by atoms with E-state index in [0.29, 0.717) is 17.7 Å². The van der Waals surface area contributed by atoms with E-state index in [9.17, 15) is 18.0 Å². The van der Waals surface area contributed by atoms with Crippen molar-refractivity contribution >= 4 is 5.91 Å². The lowest BCUT2D eigenvalue weighted by atomic mass is 9.84. The van der Waals surface area contributed by atoms with Crippen molar-refractivity contribution in [2.75, 3.05) is 19.6 Å². The minimum Gasteiger partial charge on any atom is -0.417 e. The SMILES string of the molecule is O=C(NC1CN2CCC1CC2)c1ccc(Oc2nc(C(F)(F)F)co2)cc1. The molecule has 1 aromatic carbocycles. The van der Waals surface area contributed by atoms with E-state index in [2.05, 4.69) is 19.6 Å². The van der Waals surface area contributed by atoms with Crippen LogP contribution in [0.2, 0.25) is 0 Å². The Labute approximate surface area is 153 Å². The predicted octanol–water partition coefficient (Wildman–Crippen LogP) is 3.31. The van der Waals surface area contributed by atoms with E-state index in [1.54, 1.807) is 12.1 Å². The van der Waals surface area contributed by atoms with Crippen LogP contribution in [-0.2, 0) is 6.18 Å². The number of hydrogen-bond donors (Lipinski definition) is 1. The van der Waals surface area contributed by atoms with Crippen LogP contribution in [0, 0.1) is 5.92 Å². The summed E-state index contributed by atoms with van der Waals surface area (Å²) in [4.78, 5) is 18.0. The van der Waals surface area contributed by atoms with Gasteiger partial charge >= 0.3 is 12.3 Å². The zero-order valence-corrected chi connectivity index (χ0v) is 14.3. The Balaban J connectivity index is 1.37. The molecule has 3 fully saturated rings. The van der Waals surface area contributed by atoms with Crippen molar-refractivity contribution in [2.45, 2.75) is 25.1 Å². The van der Waals surface area contributed by atoms with Gasteiger partial charge in [-0.1, -0.05) is 0 Å². The molecule has 3 aliphatic heterocycles. The quantitative estimate of drug-likeness (QED) is 0.880. The van der Waals surface area contributed by atoms with Crippen LogP contribution in [0.25, 0.3) is 0 Å². The summed E-state index contributed by atoms with van der Waals surface area (Å²) in [6.07, 6.45) is -2.40. The van der Waals surface area contributed by atoms with Gasteiger partial charge in [0.25, 0.3) is 5.91 Å². The molecule has 1 unspecified atom stereocenters. The molecule has 0 aliphatic carbocycles. The van der Waals surface area contributed by atoms with Crippen molar-refractivity contribution in [2.24, 2.45) is 5.92 Å². The summed E-state index contributed by atoms with van der Waals surface area (Å²) < 4.78 is 47.3. The molecular formula is C18H18F3N3O3. The highest BCUT2D eigenvalue weighted by atomic mass is 19.4. The van der Waals surface area contributed by atoms with Crippen LogP contribution in [-0.4, -0.2) is 41.5 Å². The first-order chi connectivity index (χ1) is 12.9. The molecule has 1 aromatic heterocycles. The van der Waals surface area contributed by atoms with E-state index in [4.69, 9.17) is 4.74 Å². The fourth-order valence-electron chi connectivity index (χ4n) is 3.59. The lowest BCUT2D eigenvalue weighted by Crippen LogP contribution is -2.57. The number of oxazole rings is 1. The van der Waals surface area contributed by atoms with Crippen LogP contribution in [0.1, 0.15) is 28.9 Å². The van der Waals surface area contributed by atoms with Crippen LogP contribution >= 0.6 is 0 Å². The average molecular weight is 381 g/mol. The van der Waals surface area contributed by atoms with Gasteiger partial charge in [-0.15, -0.1) is 0 Å². The number of rotatable bonds is 4. The van der Waals surface area contributed by atoms with Gasteiger partial charge in [-0.2, -0.15) is 18.2 Å². The first-order valence-corrected chi connectivity index (χ1v) is 8.72. The van der Waals surface area contributed by atoms with Crippen molar-refractivity contribution in [3.63, 3.8) is 0 Å². The summed E-state index contributed by atoms with van der Waals surface area (Å²) in [5.41, 5.74) is -0.701. The minimum atomic E-state index is -4.60. The number of benzene rings is 1. The van der Waals surface area contributed by atoms with E-state index < -0.39 is 17.9 Å². The molecule has 5 rings (SSSR count). The smallest absolute Gasteiger partial charge is 0.417 e. The summed E-state index contributed by atoms with van der Waals surface area (Å²) in [7, 11) is 0. The highest BCUT2D eigenvalue weighted by Gasteiger charge is 2.36. The Morgan fingerprint density at radius 1 is 1.22 bits per heavy atom. The van der Waals surface area contributed by atoms with Crippen molar-refractivity contribution in [1.82, 2.24) is 15.2 Å². The fourth-order valence-corrected chi connectivity index (χ4v) is 3.59. The molecule has 144 valence electrons. The summed E-state index contributed by atoms with van der Waals surface area (Å²) in [5, 5.41) is 3.08. The number of hydrogen-bond acceptors (Lipinski definition) is 5. The number of ether oxygens (including phenoxy) is 1. The Hall–Kier alpha value is -2.55. The number of aromatic nitrogens is 1. The van der Waals surface area contributed by atoms with Crippen LogP contribution in [0.5, 0.6) is 11.8 Å². The maximum atomic E-state index is 12.5. The molecule has 9 heteroatoms. The molecule has 2 aromatic rings. The Morgan fingerprint density at radius 2 is 1.93 bits per heavy atom. The third-order valence-corrected chi connectivity index (χ3v) is 5.07. The van der Waals surface area contributed by atoms with Gasteiger partial charge in [-0.3, -0.25) is 4.79 Å². The van der Waals surface area contributed by atoms with Gasteiger partial charge in [-0.05, 0) is 56.1 Å². The molecule has 4 heterocycles. The lowest BCUT2D eigenvalue weighted by Gasteiger charge is -2.44. The Kier molecular flexibility index (Phi) is 4.55. The normalized spacial score (nSPS) is 24.6. The zero-order chi connectivity index (χ0) is 19.0. The van der Waals surface area contributed by atoms with E-state index in [0.717, 1.165) is 32.5 Å². The van der Waals surface area contributed by atoms with Crippen LogP contribution in [0.3, 0.4) is 0 Å². The molecule has 1 atom stereocenters. The molecular weight excluding hydrogens is 363 g/mol. The van der Waals surface area contributed by atoms with E-state index in [1.165, 1.54) is 12.1 Å². The maximum absolute atomic E-state index is 12.5. The number of carbonyl (C=O) groups excluding carboxylic acids is 1. The van der Waals surface area contributed by atoms with Crippen molar-refractivity contribution in [3.8, 4) is 11.8 Å². The highest BCUT2D eigenvalue weighted by molar-refractivity contribution is 5.94. The van der Waals surface area contributed by atoms with E-state index in [-0.39, 0.29) is 17.7 Å². The topological polar surface area (TPSA) is 67.6 Å². The monoisotopic (exact) mass is 381 g/mol. The van der Waals surface area contributed by atoms with Crippen LogP contribution < -0.4 is 10.1 Å². The molecule has 0 spiro atoms. The number of carbonyl (C=O) groups is 1. The van der Waals surface area contributed by atoms with E-state index >= 15 is 0 Å². The second-order valence-electron chi connectivity index (χ2n) is 6.84. The Bertz CT molecular complexity index is 811. The van der Waals surface area contributed by atoms with Gasteiger partial charge < -0.3 is 19.4 Å². The van der Waals surface area contributed by atoms with Gasteiger partial charge in [0.1, 0.15) is 12.0 Å². The van der Waals surface area contributed by atoms with Gasteiger partial charge in [0, 0.05) is 18.2 Å². The lowest BCUT2D eigenvalue weighted by molar-refractivity contribution is -0.141. The predicted molar refractivity (Wildman–Crippen MR) is 88.4 cm³/mol. The van der Waals surface area contributed by atoms with Gasteiger partial charge in [0.2, 0.25) is 0 Å². The van der Waals surface area contributed by atoms with Gasteiger partial charge in [0.05, 0.1) is 0 Å². The molecule has 1 N–H and O–H groups in total. The highest BCUT2D eigenvalue weighted by Crippen LogP contribution is 2.31. The number of fused-ring (bicyclic) bond motifs is 3. The molecule has 3 saturated heterocycles. The van der Waals surface area contributed by atoms with Crippen molar-refractivity contribution in [3.05, 3.63) is 41.8 Å².